The molecule has 1 heterocycles. The van der Waals surface area contributed by atoms with Gasteiger partial charge in [0, 0.05) is 17.2 Å². The van der Waals surface area contributed by atoms with Gasteiger partial charge in [-0.2, -0.15) is 0 Å². The Morgan fingerprint density at radius 3 is 2.72 bits per heavy atom. The Hall–Kier alpha value is -1.83. The number of halogens is 3. The maximum atomic E-state index is 12.7. The first kappa shape index (κ1) is 14.2. The van der Waals surface area contributed by atoms with E-state index in [0.717, 1.165) is 7.11 Å². The molecule has 0 N–H and O–H groups in total. The van der Waals surface area contributed by atoms with Gasteiger partial charge in [-0.05, 0) is 21.5 Å². The number of carbonyl (C=O) groups excluding carboxylic acids is 1. The standard InChI is InChI=1S/C9H7ClF2N2O4/c1-18-7(15)3-4-5(9(11)12)2-6(14(16)17)13-8(4)10/h2,9H,3H2,1H3. The average Bonchev–Trinajstić information content (AvgIpc) is 2.30. The molecule has 6 nitrogen and oxygen atoms in total. The highest BCUT2D eigenvalue weighted by molar-refractivity contribution is 6.30. The molecule has 0 spiro atoms. The lowest BCUT2D eigenvalue weighted by Crippen LogP contribution is -2.09. The molecule has 1 rings (SSSR count). The van der Waals surface area contributed by atoms with E-state index in [1.807, 2.05) is 0 Å². The van der Waals surface area contributed by atoms with Gasteiger partial charge in [-0.3, -0.25) is 4.79 Å². The Morgan fingerprint density at radius 2 is 2.28 bits per heavy atom. The van der Waals surface area contributed by atoms with Gasteiger partial charge in [0.05, 0.1) is 13.5 Å². The van der Waals surface area contributed by atoms with Gasteiger partial charge in [-0.25, -0.2) is 8.78 Å². The van der Waals surface area contributed by atoms with Crippen molar-refractivity contribution in [3.63, 3.8) is 0 Å². The lowest BCUT2D eigenvalue weighted by atomic mass is 10.1. The molecule has 0 bridgehead atoms. The number of rotatable bonds is 4. The van der Waals surface area contributed by atoms with E-state index in [9.17, 15) is 23.7 Å². The van der Waals surface area contributed by atoms with E-state index in [2.05, 4.69) is 9.72 Å². The number of hydrogen-bond acceptors (Lipinski definition) is 5. The van der Waals surface area contributed by atoms with Gasteiger partial charge in [-0.1, -0.05) is 0 Å². The lowest BCUT2D eigenvalue weighted by Gasteiger charge is -2.07. The fraction of sp³-hybridized carbons (Fsp3) is 0.333. The number of methoxy groups -OCH3 is 1. The molecule has 0 aromatic carbocycles. The zero-order chi connectivity index (χ0) is 13.9. The third-order valence-electron chi connectivity index (χ3n) is 2.07. The third-order valence-corrected chi connectivity index (χ3v) is 2.38. The Kier molecular flexibility index (Phi) is 4.49. The molecule has 9 heteroatoms. The molecule has 98 valence electrons. The summed E-state index contributed by atoms with van der Waals surface area (Å²) in [5, 5.41) is 9.96. The van der Waals surface area contributed by atoms with Crippen LogP contribution in [0.2, 0.25) is 5.15 Å². The summed E-state index contributed by atoms with van der Waals surface area (Å²) in [4.78, 5) is 23.9. The summed E-state index contributed by atoms with van der Waals surface area (Å²) < 4.78 is 29.8. The average molecular weight is 281 g/mol. The minimum absolute atomic E-state index is 0.274. The first-order chi connectivity index (χ1) is 8.36. The van der Waals surface area contributed by atoms with Crippen molar-refractivity contribution >= 4 is 23.4 Å². The van der Waals surface area contributed by atoms with E-state index in [1.54, 1.807) is 0 Å². The smallest absolute Gasteiger partial charge is 0.365 e. The zero-order valence-electron chi connectivity index (χ0n) is 9.02. The number of carbonyl (C=O) groups is 1. The molecular weight excluding hydrogens is 274 g/mol. The van der Waals surface area contributed by atoms with E-state index < -0.39 is 40.3 Å². The molecule has 0 amide bonds. The molecular formula is C9H7ClF2N2O4. The van der Waals surface area contributed by atoms with Crippen molar-refractivity contribution in [3.05, 3.63) is 32.5 Å². The van der Waals surface area contributed by atoms with Gasteiger partial charge in [0.25, 0.3) is 6.43 Å². The van der Waals surface area contributed by atoms with Crippen LogP contribution in [-0.2, 0) is 16.0 Å². The number of alkyl halides is 2. The van der Waals surface area contributed by atoms with Crippen LogP contribution in [-0.4, -0.2) is 23.0 Å². The van der Waals surface area contributed by atoms with E-state index in [1.165, 1.54) is 0 Å². The fourth-order valence-corrected chi connectivity index (χ4v) is 1.49. The lowest BCUT2D eigenvalue weighted by molar-refractivity contribution is -0.389. The minimum atomic E-state index is -3.01. The van der Waals surface area contributed by atoms with Crippen molar-refractivity contribution in [2.45, 2.75) is 12.8 Å². The molecule has 1 aromatic rings. The van der Waals surface area contributed by atoms with Crippen molar-refractivity contribution < 1.29 is 23.2 Å². The van der Waals surface area contributed by atoms with Crippen molar-refractivity contribution in [2.75, 3.05) is 7.11 Å². The van der Waals surface area contributed by atoms with E-state index in [-0.39, 0.29) is 5.56 Å². The van der Waals surface area contributed by atoms with Gasteiger partial charge in [0.2, 0.25) is 5.15 Å². The predicted octanol–water partition coefficient (Wildman–Crippen LogP) is 2.30. The number of nitro groups is 1. The molecule has 1 aromatic heterocycles. The van der Waals surface area contributed by atoms with Crippen LogP contribution in [0.4, 0.5) is 14.6 Å². The van der Waals surface area contributed by atoms with Crippen LogP contribution < -0.4 is 0 Å². The van der Waals surface area contributed by atoms with Gasteiger partial charge in [0.1, 0.15) is 0 Å². The Labute approximate surface area is 105 Å². The molecule has 0 atom stereocenters. The fourth-order valence-electron chi connectivity index (χ4n) is 1.23. The highest BCUT2D eigenvalue weighted by Gasteiger charge is 2.26. The molecule has 0 saturated heterocycles. The summed E-state index contributed by atoms with van der Waals surface area (Å²) in [7, 11) is 1.08. The summed E-state index contributed by atoms with van der Waals surface area (Å²) >= 11 is 5.57. The molecule has 0 radical (unpaired) electrons. The van der Waals surface area contributed by atoms with Crippen LogP contribution in [0.3, 0.4) is 0 Å². The normalized spacial score (nSPS) is 10.5. The number of aromatic nitrogens is 1. The van der Waals surface area contributed by atoms with E-state index >= 15 is 0 Å². The van der Waals surface area contributed by atoms with Crippen LogP contribution in [0, 0.1) is 10.1 Å². The van der Waals surface area contributed by atoms with Crippen LogP contribution in [0.5, 0.6) is 0 Å². The van der Waals surface area contributed by atoms with Crippen molar-refractivity contribution in [1.82, 2.24) is 4.98 Å². The highest BCUT2D eigenvalue weighted by Crippen LogP contribution is 2.30. The van der Waals surface area contributed by atoms with E-state index in [0.29, 0.717) is 6.07 Å². The first-order valence-electron chi connectivity index (χ1n) is 4.55. The zero-order valence-corrected chi connectivity index (χ0v) is 9.78. The first-order valence-corrected chi connectivity index (χ1v) is 4.93. The topological polar surface area (TPSA) is 82.3 Å². The quantitative estimate of drug-likeness (QED) is 0.366. The van der Waals surface area contributed by atoms with Gasteiger partial charge in [0.15, 0.2) is 0 Å². The second-order valence-electron chi connectivity index (χ2n) is 3.15. The molecule has 0 saturated carbocycles. The Morgan fingerprint density at radius 1 is 1.67 bits per heavy atom. The number of ether oxygens (including phenoxy) is 1. The summed E-state index contributed by atoms with van der Waals surface area (Å²) in [6, 6.07) is 0.592. The molecule has 0 fully saturated rings. The van der Waals surface area contributed by atoms with Gasteiger partial charge >= 0.3 is 11.8 Å². The summed E-state index contributed by atoms with van der Waals surface area (Å²) in [5.74, 6) is -1.60. The number of nitrogens with zero attached hydrogens (tertiary/aromatic N) is 2. The molecule has 18 heavy (non-hydrogen) atoms. The molecule has 0 aliphatic carbocycles. The second-order valence-corrected chi connectivity index (χ2v) is 3.51. The van der Waals surface area contributed by atoms with E-state index in [4.69, 9.17) is 11.6 Å². The summed E-state index contributed by atoms with van der Waals surface area (Å²) in [5.41, 5.74) is -0.976. The van der Waals surface area contributed by atoms with Crippen LogP contribution >= 0.6 is 11.6 Å². The largest absolute Gasteiger partial charge is 0.469 e. The Balaban J connectivity index is 3.31. The molecule has 0 aliphatic rings. The van der Waals surface area contributed by atoms with Gasteiger partial charge < -0.3 is 14.9 Å². The van der Waals surface area contributed by atoms with Crippen molar-refractivity contribution in [1.29, 1.82) is 0 Å². The summed E-state index contributed by atoms with van der Waals surface area (Å²) in [6.45, 7) is 0. The molecule has 0 aliphatic heterocycles. The Bertz CT molecular complexity index is 496. The van der Waals surface area contributed by atoms with Crippen LogP contribution in [0.1, 0.15) is 17.6 Å². The SMILES string of the molecule is COC(=O)Cc1c(C(F)F)cc([N+](=O)[O-])nc1Cl. The third kappa shape index (κ3) is 3.10. The van der Waals surface area contributed by atoms with Crippen LogP contribution in [0.15, 0.2) is 6.07 Å². The maximum Gasteiger partial charge on any atom is 0.365 e. The molecule has 0 unspecified atom stereocenters. The number of pyridine rings is 1. The number of hydrogen-bond donors (Lipinski definition) is 0. The second kappa shape index (κ2) is 5.67. The van der Waals surface area contributed by atoms with Crippen molar-refractivity contribution in [2.24, 2.45) is 0 Å². The maximum absolute atomic E-state index is 12.7. The van der Waals surface area contributed by atoms with Crippen LogP contribution in [0.25, 0.3) is 0 Å². The monoisotopic (exact) mass is 280 g/mol. The summed E-state index contributed by atoms with van der Waals surface area (Å²) in [6.07, 6.45) is -3.54. The van der Waals surface area contributed by atoms with Gasteiger partial charge in [-0.15, -0.1) is 0 Å². The predicted molar refractivity (Wildman–Crippen MR) is 56.6 cm³/mol. The number of esters is 1. The minimum Gasteiger partial charge on any atom is -0.469 e. The van der Waals surface area contributed by atoms with Crippen molar-refractivity contribution in [3.8, 4) is 0 Å². The highest BCUT2D eigenvalue weighted by atomic mass is 35.5.